The van der Waals surface area contributed by atoms with Gasteiger partial charge in [0.25, 0.3) is 0 Å². The van der Waals surface area contributed by atoms with E-state index in [1.54, 1.807) is 0 Å². The van der Waals surface area contributed by atoms with Crippen LogP contribution in [-0.4, -0.2) is 25.5 Å². The highest BCUT2D eigenvalue weighted by molar-refractivity contribution is 6.17. The largest absolute Gasteiger partial charge is 0.481 e. The fourth-order valence-electron chi connectivity index (χ4n) is 3.76. The molecule has 0 aliphatic carbocycles. The summed E-state index contributed by atoms with van der Waals surface area (Å²) in [6.45, 7) is 10.7. The van der Waals surface area contributed by atoms with Crippen LogP contribution in [0.25, 0.3) is 0 Å². The summed E-state index contributed by atoms with van der Waals surface area (Å²) >= 11 is 0. The van der Waals surface area contributed by atoms with Gasteiger partial charge >= 0.3 is 0 Å². The van der Waals surface area contributed by atoms with Gasteiger partial charge < -0.3 is 9.64 Å². The van der Waals surface area contributed by atoms with E-state index >= 15 is 0 Å². The highest BCUT2D eigenvalue weighted by Gasteiger charge is 2.23. The number of fused-ring (bicyclic) bond motifs is 1. The Hall–Kier alpha value is -2.99. The number of allylic oxidation sites excluding steroid dienone is 2. The lowest BCUT2D eigenvalue weighted by molar-refractivity contribution is 0.370. The Bertz CT molecular complexity index is 948. The molecule has 0 amide bonds. The van der Waals surface area contributed by atoms with Crippen molar-refractivity contribution in [2.24, 2.45) is 10.9 Å². The number of terminal acetylenes is 1. The number of ether oxygens (including phenoxy) is 1. The summed E-state index contributed by atoms with van der Waals surface area (Å²) in [5.41, 5.74) is 5.79. The van der Waals surface area contributed by atoms with Gasteiger partial charge in [-0.1, -0.05) is 63.1 Å². The Labute approximate surface area is 181 Å². The molecular weight excluding hydrogens is 368 g/mol. The number of hydrogen-bond donors (Lipinski definition) is 0. The Morgan fingerprint density at radius 3 is 2.60 bits per heavy atom. The number of anilines is 1. The second-order valence-corrected chi connectivity index (χ2v) is 8.23. The fourth-order valence-corrected chi connectivity index (χ4v) is 3.76. The van der Waals surface area contributed by atoms with Crippen molar-refractivity contribution in [3.63, 3.8) is 0 Å². The van der Waals surface area contributed by atoms with Crippen LogP contribution in [0.5, 0.6) is 5.75 Å². The number of rotatable bonds is 8. The summed E-state index contributed by atoms with van der Waals surface area (Å²) in [7, 11) is 0. The molecule has 0 saturated heterocycles. The van der Waals surface area contributed by atoms with Crippen LogP contribution in [-0.2, 0) is 0 Å². The van der Waals surface area contributed by atoms with Crippen LogP contribution < -0.4 is 9.64 Å². The zero-order chi connectivity index (χ0) is 21.5. The summed E-state index contributed by atoms with van der Waals surface area (Å²) in [6, 6.07) is 15.0. The molecule has 0 spiro atoms. The van der Waals surface area contributed by atoms with Gasteiger partial charge in [0, 0.05) is 23.4 Å². The molecule has 0 fully saturated rings. The number of hydrogen-bond acceptors (Lipinski definition) is 3. The minimum absolute atomic E-state index is 0.262. The van der Waals surface area contributed by atoms with Crippen LogP contribution >= 0.6 is 0 Å². The van der Waals surface area contributed by atoms with E-state index in [0.717, 1.165) is 35.6 Å². The third kappa shape index (κ3) is 5.13. The average Bonchev–Trinajstić information content (AvgIpc) is 2.76. The molecule has 0 bridgehead atoms. The zero-order valence-corrected chi connectivity index (χ0v) is 18.6. The first-order chi connectivity index (χ1) is 14.5. The van der Waals surface area contributed by atoms with Crippen molar-refractivity contribution >= 4 is 11.4 Å². The predicted octanol–water partition coefficient (Wildman–Crippen LogP) is 6.04. The van der Waals surface area contributed by atoms with Crippen molar-refractivity contribution in [3.05, 3.63) is 71.3 Å². The SMILES string of the molecule is C#CCOc1ccc2c(c1)C(c1ccc(C(C)C)cc1)=NCN2CC(C)CC=CC. The topological polar surface area (TPSA) is 24.8 Å². The van der Waals surface area contributed by atoms with E-state index in [4.69, 9.17) is 16.2 Å². The van der Waals surface area contributed by atoms with Crippen molar-refractivity contribution in [2.75, 3.05) is 24.7 Å². The predicted molar refractivity (Wildman–Crippen MR) is 128 cm³/mol. The van der Waals surface area contributed by atoms with Crippen LogP contribution in [0.4, 0.5) is 5.69 Å². The second kappa shape index (κ2) is 10.2. The van der Waals surface area contributed by atoms with Gasteiger partial charge in [-0.25, -0.2) is 0 Å². The monoisotopic (exact) mass is 400 g/mol. The molecule has 1 atom stereocenters. The minimum atomic E-state index is 0.262. The van der Waals surface area contributed by atoms with E-state index in [9.17, 15) is 0 Å². The van der Waals surface area contributed by atoms with Crippen molar-refractivity contribution in [2.45, 2.75) is 40.0 Å². The third-order valence-electron chi connectivity index (χ3n) is 5.44. The van der Waals surface area contributed by atoms with Gasteiger partial charge in [-0.15, -0.1) is 6.42 Å². The Balaban J connectivity index is 1.95. The lowest BCUT2D eigenvalue weighted by atomic mass is 9.95. The maximum atomic E-state index is 5.71. The van der Waals surface area contributed by atoms with Crippen LogP contribution in [0.3, 0.4) is 0 Å². The number of benzene rings is 2. The average molecular weight is 401 g/mol. The molecule has 2 aromatic rings. The molecule has 1 aliphatic heterocycles. The first-order valence-corrected chi connectivity index (χ1v) is 10.7. The van der Waals surface area contributed by atoms with Gasteiger partial charge in [0.1, 0.15) is 19.0 Å². The summed E-state index contributed by atoms with van der Waals surface area (Å²) in [4.78, 5) is 7.34. The van der Waals surface area contributed by atoms with Crippen molar-refractivity contribution in [3.8, 4) is 18.1 Å². The summed E-state index contributed by atoms with van der Waals surface area (Å²) in [5, 5.41) is 0. The summed E-state index contributed by atoms with van der Waals surface area (Å²) in [6.07, 6.45) is 10.8. The van der Waals surface area contributed by atoms with Gasteiger partial charge in [0.15, 0.2) is 0 Å². The molecule has 0 radical (unpaired) electrons. The molecule has 1 aliphatic rings. The van der Waals surface area contributed by atoms with Crippen molar-refractivity contribution in [1.82, 2.24) is 0 Å². The Kier molecular flexibility index (Phi) is 7.36. The maximum Gasteiger partial charge on any atom is 0.148 e. The van der Waals surface area contributed by atoms with Gasteiger partial charge in [-0.05, 0) is 48.9 Å². The summed E-state index contributed by atoms with van der Waals surface area (Å²) < 4.78 is 5.71. The van der Waals surface area contributed by atoms with Gasteiger partial charge in [-0.2, -0.15) is 0 Å². The van der Waals surface area contributed by atoms with Crippen LogP contribution in [0, 0.1) is 18.3 Å². The molecule has 3 heteroatoms. The Morgan fingerprint density at radius 1 is 1.17 bits per heavy atom. The van der Waals surface area contributed by atoms with E-state index in [-0.39, 0.29) is 6.61 Å². The highest BCUT2D eigenvalue weighted by Crippen LogP contribution is 2.32. The first kappa shape index (κ1) is 21.7. The standard InChI is InChI=1S/C27H32N2O/c1-6-8-9-21(5)18-29-19-28-27(23-12-10-22(11-13-23)20(3)4)25-17-24(30-16-7-2)14-15-26(25)29/h2,6,8,10-15,17,20-21H,9,16,18-19H2,1,3-5H3. The molecule has 156 valence electrons. The molecule has 3 nitrogen and oxygen atoms in total. The molecule has 1 heterocycles. The van der Waals surface area contributed by atoms with Crippen molar-refractivity contribution in [1.29, 1.82) is 0 Å². The van der Waals surface area contributed by atoms with E-state index in [2.05, 4.69) is 87.1 Å². The van der Waals surface area contributed by atoms with Gasteiger partial charge in [-0.3, -0.25) is 4.99 Å². The van der Waals surface area contributed by atoms with E-state index in [1.165, 1.54) is 11.3 Å². The lowest BCUT2D eigenvalue weighted by Crippen LogP contribution is -2.33. The van der Waals surface area contributed by atoms with Gasteiger partial charge in [0.2, 0.25) is 0 Å². The molecule has 0 N–H and O–H groups in total. The smallest absolute Gasteiger partial charge is 0.148 e. The van der Waals surface area contributed by atoms with Crippen LogP contribution in [0.2, 0.25) is 0 Å². The fraction of sp³-hybridized carbons (Fsp3) is 0.370. The molecule has 2 aromatic carbocycles. The number of nitrogens with zero attached hydrogens (tertiary/aromatic N) is 2. The molecule has 0 saturated carbocycles. The zero-order valence-electron chi connectivity index (χ0n) is 18.6. The third-order valence-corrected chi connectivity index (χ3v) is 5.44. The summed E-state index contributed by atoms with van der Waals surface area (Å²) in [5.74, 6) is 4.38. The lowest BCUT2D eigenvalue weighted by Gasteiger charge is -2.32. The minimum Gasteiger partial charge on any atom is -0.481 e. The Morgan fingerprint density at radius 2 is 1.93 bits per heavy atom. The quantitative estimate of drug-likeness (QED) is 0.399. The molecular formula is C27H32N2O. The van der Waals surface area contributed by atoms with Crippen LogP contribution in [0.15, 0.2) is 59.6 Å². The van der Waals surface area contributed by atoms with E-state index in [1.807, 2.05) is 6.07 Å². The molecule has 0 aromatic heterocycles. The highest BCUT2D eigenvalue weighted by atomic mass is 16.5. The first-order valence-electron chi connectivity index (χ1n) is 10.7. The molecule has 30 heavy (non-hydrogen) atoms. The maximum absolute atomic E-state index is 5.71. The van der Waals surface area contributed by atoms with Crippen LogP contribution in [0.1, 0.15) is 56.7 Å². The van der Waals surface area contributed by atoms with E-state index < -0.39 is 0 Å². The van der Waals surface area contributed by atoms with Gasteiger partial charge in [0.05, 0.1) is 5.71 Å². The second-order valence-electron chi connectivity index (χ2n) is 8.23. The molecule has 3 rings (SSSR count). The normalized spacial score (nSPS) is 14.4. The van der Waals surface area contributed by atoms with E-state index in [0.29, 0.717) is 18.5 Å². The van der Waals surface area contributed by atoms with Crippen molar-refractivity contribution < 1.29 is 4.74 Å². The molecule has 1 unspecified atom stereocenters. The number of aliphatic imine (C=N–C) groups is 1.